The number of alkyl halides is 3. The number of benzene rings is 1. The van der Waals surface area contributed by atoms with Crippen molar-refractivity contribution in [3.05, 3.63) is 77.4 Å². The minimum atomic E-state index is -4.45. The van der Waals surface area contributed by atoms with E-state index in [2.05, 4.69) is 15.4 Å². The van der Waals surface area contributed by atoms with Gasteiger partial charge >= 0.3 is 6.18 Å². The lowest BCUT2D eigenvalue weighted by Gasteiger charge is -2.14. The van der Waals surface area contributed by atoms with E-state index in [1.54, 1.807) is 31.5 Å². The second kappa shape index (κ2) is 7.22. The smallest absolute Gasteiger partial charge is 0.345 e. The first-order valence-corrected chi connectivity index (χ1v) is 8.20. The molecule has 5 nitrogen and oxygen atoms in total. The van der Waals surface area contributed by atoms with Crippen molar-refractivity contribution in [1.82, 2.24) is 20.1 Å². The molecule has 8 heteroatoms. The molecule has 1 N–H and O–H groups in total. The zero-order valence-corrected chi connectivity index (χ0v) is 14.7. The molecule has 1 amide bonds. The van der Waals surface area contributed by atoms with Gasteiger partial charge in [-0.25, -0.2) is 4.68 Å². The molecule has 2 heterocycles. The second-order valence-electron chi connectivity index (χ2n) is 6.08. The van der Waals surface area contributed by atoms with Crippen LogP contribution >= 0.6 is 0 Å². The minimum Gasteiger partial charge on any atom is -0.345 e. The van der Waals surface area contributed by atoms with E-state index in [1.165, 1.54) is 23.0 Å². The molecule has 0 saturated carbocycles. The molecule has 140 valence electrons. The third kappa shape index (κ3) is 3.99. The predicted molar refractivity (Wildman–Crippen MR) is 93.4 cm³/mol. The normalized spacial score (nSPS) is 12.6. The number of aromatic nitrogens is 3. The van der Waals surface area contributed by atoms with Crippen molar-refractivity contribution in [3.63, 3.8) is 0 Å². The van der Waals surface area contributed by atoms with E-state index in [9.17, 15) is 18.0 Å². The number of pyridine rings is 1. The van der Waals surface area contributed by atoms with Crippen LogP contribution in [0.4, 0.5) is 13.2 Å². The molecule has 0 aliphatic carbocycles. The number of nitrogens with zero attached hydrogens (tertiary/aromatic N) is 3. The summed E-state index contributed by atoms with van der Waals surface area (Å²) < 4.78 is 40.1. The molecule has 0 radical (unpaired) electrons. The van der Waals surface area contributed by atoms with Gasteiger partial charge in [0.25, 0.3) is 5.91 Å². The maximum Gasteiger partial charge on any atom is 0.416 e. The number of halogens is 3. The van der Waals surface area contributed by atoms with Gasteiger partial charge in [0, 0.05) is 12.4 Å². The number of carbonyl (C=O) groups excluding carboxylic acids is 1. The van der Waals surface area contributed by atoms with Crippen LogP contribution in [0, 0.1) is 6.92 Å². The van der Waals surface area contributed by atoms with Gasteiger partial charge in [-0.3, -0.25) is 9.78 Å². The summed E-state index contributed by atoms with van der Waals surface area (Å²) in [5.74, 6) is -0.352. The number of carbonyl (C=O) groups is 1. The Kier molecular flexibility index (Phi) is 4.98. The average Bonchev–Trinajstić information content (AvgIpc) is 3.03. The highest BCUT2D eigenvalue weighted by atomic mass is 19.4. The van der Waals surface area contributed by atoms with Gasteiger partial charge in [0.1, 0.15) is 0 Å². The van der Waals surface area contributed by atoms with Gasteiger partial charge < -0.3 is 5.32 Å². The summed E-state index contributed by atoms with van der Waals surface area (Å²) in [6.45, 7) is 3.47. The van der Waals surface area contributed by atoms with Crippen LogP contribution in [0.5, 0.6) is 0 Å². The third-order valence-corrected chi connectivity index (χ3v) is 4.23. The first-order chi connectivity index (χ1) is 12.8. The quantitative estimate of drug-likeness (QED) is 0.748. The van der Waals surface area contributed by atoms with Crippen LogP contribution in [-0.4, -0.2) is 20.7 Å². The first-order valence-electron chi connectivity index (χ1n) is 8.20. The van der Waals surface area contributed by atoms with Crippen LogP contribution in [-0.2, 0) is 6.18 Å². The average molecular weight is 374 g/mol. The Hall–Kier alpha value is -3.16. The number of hydrogen-bond donors (Lipinski definition) is 1. The zero-order chi connectivity index (χ0) is 19.6. The van der Waals surface area contributed by atoms with Crippen molar-refractivity contribution in [2.75, 3.05) is 0 Å². The van der Waals surface area contributed by atoms with E-state index in [1.807, 2.05) is 6.92 Å². The fourth-order valence-corrected chi connectivity index (χ4v) is 2.72. The van der Waals surface area contributed by atoms with Crippen LogP contribution in [0.3, 0.4) is 0 Å². The molecule has 0 unspecified atom stereocenters. The zero-order valence-electron chi connectivity index (χ0n) is 14.7. The lowest BCUT2D eigenvalue weighted by Crippen LogP contribution is -2.27. The van der Waals surface area contributed by atoms with Gasteiger partial charge in [-0.2, -0.15) is 18.3 Å². The molecular weight excluding hydrogens is 357 g/mol. The molecule has 0 bridgehead atoms. The van der Waals surface area contributed by atoms with Crippen LogP contribution in [0.2, 0.25) is 0 Å². The molecule has 2 aromatic heterocycles. The van der Waals surface area contributed by atoms with Crippen molar-refractivity contribution in [2.24, 2.45) is 0 Å². The topological polar surface area (TPSA) is 59.8 Å². The Morgan fingerprint density at radius 1 is 1.19 bits per heavy atom. The Labute approximate surface area is 153 Å². The molecule has 1 atom stereocenters. The number of nitrogens with one attached hydrogen (secondary N) is 1. The highest BCUT2D eigenvalue weighted by molar-refractivity contribution is 5.95. The monoisotopic (exact) mass is 374 g/mol. The van der Waals surface area contributed by atoms with E-state index in [-0.39, 0.29) is 17.6 Å². The van der Waals surface area contributed by atoms with Gasteiger partial charge in [-0.15, -0.1) is 0 Å². The van der Waals surface area contributed by atoms with Gasteiger partial charge in [0.15, 0.2) is 0 Å². The fourth-order valence-electron chi connectivity index (χ4n) is 2.72. The Balaban J connectivity index is 1.84. The third-order valence-electron chi connectivity index (χ3n) is 4.23. The fraction of sp³-hybridized carbons (Fsp3) is 0.211. The van der Waals surface area contributed by atoms with Crippen molar-refractivity contribution in [1.29, 1.82) is 0 Å². The van der Waals surface area contributed by atoms with Gasteiger partial charge in [-0.05, 0) is 49.7 Å². The van der Waals surface area contributed by atoms with Crippen molar-refractivity contribution in [3.8, 4) is 5.69 Å². The maximum absolute atomic E-state index is 12.9. The molecule has 0 saturated heterocycles. The molecule has 3 rings (SSSR count). The van der Waals surface area contributed by atoms with E-state index >= 15 is 0 Å². The minimum absolute atomic E-state index is 0.239. The van der Waals surface area contributed by atoms with Crippen molar-refractivity contribution in [2.45, 2.75) is 26.1 Å². The van der Waals surface area contributed by atoms with E-state index in [0.29, 0.717) is 11.3 Å². The van der Waals surface area contributed by atoms with E-state index < -0.39 is 11.7 Å². The summed E-state index contributed by atoms with van der Waals surface area (Å²) in [5, 5.41) is 6.94. The molecule has 0 spiro atoms. The molecule has 0 fully saturated rings. The highest BCUT2D eigenvalue weighted by Crippen LogP contribution is 2.30. The number of amides is 1. The van der Waals surface area contributed by atoms with Crippen LogP contribution in [0.1, 0.15) is 40.1 Å². The van der Waals surface area contributed by atoms with Gasteiger partial charge in [-0.1, -0.05) is 6.07 Å². The molecule has 1 aromatic carbocycles. The summed E-state index contributed by atoms with van der Waals surface area (Å²) in [4.78, 5) is 16.5. The van der Waals surface area contributed by atoms with Crippen LogP contribution < -0.4 is 5.32 Å². The molecule has 27 heavy (non-hydrogen) atoms. The SMILES string of the molecule is Cc1c(C(=O)N[C@H](C)c2ccncc2)cnn1-c1cccc(C(F)(F)F)c1. The molecular formula is C19H17F3N4O. The van der Waals surface area contributed by atoms with Crippen molar-refractivity contribution >= 4 is 5.91 Å². The number of rotatable bonds is 4. The van der Waals surface area contributed by atoms with E-state index in [4.69, 9.17) is 0 Å². The van der Waals surface area contributed by atoms with Gasteiger partial charge in [0.05, 0.1) is 34.7 Å². The standard InChI is InChI=1S/C19H17F3N4O/c1-12(14-6-8-23-9-7-14)25-18(27)17-11-24-26(13(17)2)16-5-3-4-15(10-16)19(20,21)22/h3-12H,1-2H3,(H,25,27)/t12-/m1/s1. The van der Waals surface area contributed by atoms with Crippen LogP contribution in [0.15, 0.2) is 55.0 Å². The highest BCUT2D eigenvalue weighted by Gasteiger charge is 2.30. The first kappa shape index (κ1) is 18.6. The lowest BCUT2D eigenvalue weighted by atomic mass is 10.1. The molecule has 0 aliphatic rings. The number of hydrogen-bond acceptors (Lipinski definition) is 3. The lowest BCUT2D eigenvalue weighted by molar-refractivity contribution is -0.137. The summed E-state index contributed by atoms with van der Waals surface area (Å²) in [6, 6.07) is 8.15. The Bertz CT molecular complexity index is 951. The molecule has 3 aromatic rings. The maximum atomic E-state index is 12.9. The summed E-state index contributed by atoms with van der Waals surface area (Å²) in [5.41, 5.74) is 1.11. The van der Waals surface area contributed by atoms with E-state index in [0.717, 1.165) is 17.7 Å². The Morgan fingerprint density at radius 2 is 1.89 bits per heavy atom. The summed E-state index contributed by atoms with van der Waals surface area (Å²) in [6.07, 6.45) is 0.172. The predicted octanol–water partition coefficient (Wildman–Crippen LogP) is 4.09. The molecule has 0 aliphatic heterocycles. The largest absolute Gasteiger partial charge is 0.416 e. The second-order valence-corrected chi connectivity index (χ2v) is 6.08. The van der Waals surface area contributed by atoms with Gasteiger partial charge in [0.2, 0.25) is 0 Å². The van der Waals surface area contributed by atoms with Crippen LogP contribution in [0.25, 0.3) is 5.69 Å². The Morgan fingerprint density at radius 3 is 2.56 bits per heavy atom. The summed E-state index contributed by atoms with van der Waals surface area (Å²) >= 11 is 0. The van der Waals surface area contributed by atoms with Crippen molar-refractivity contribution < 1.29 is 18.0 Å². The summed E-state index contributed by atoms with van der Waals surface area (Å²) in [7, 11) is 0.